The van der Waals surface area contributed by atoms with Gasteiger partial charge >= 0.3 is 0 Å². The molecule has 4 rings (SSSR count). The monoisotopic (exact) mass is 483 g/mol. The zero-order valence-electron chi connectivity index (χ0n) is 20.0. The summed E-state index contributed by atoms with van der Waals surface area (Å²) in [5.74, 6) is 0.535. The van der Waals surface area contributed by atoms with Gasteiger partial charge in [0.2, 0.25) is 5.95 Å². The number of halogens is 1. The van der Waals surface area contributed by atoms with Gasteiger partial charge in [-0.15, -0.1) is 0 Å². The van der Waals surface area contributed by atoms with E-state index in [0.717, 1.165) is 41.7 Å². The van der Waals surface area contributed by atoms with E-state index in [-0.39, 0.29) is 29.2 Å². The second kappa shape index (κ2) is 9.62. The maximum absolute atomic E-state index is 12.6. The van der Waals surface area contributed by atoms with Gasteiger partial charge in [0.15, 0.2) is 12.4 Å². The summed E-state index contributed by atoms with van der Waals surface area (Å²) in [4.78, 5) is 35.7. The first-order valence-corrected chi connectivity index (χ1v) is 11.8. The summed E-state index contributed by atoms with van der Waals surface area (Å²) < 4.78 is 6.98. The zero-order valence-corrected chi connectivity index (χ0v) is 20.8. The number of amides is 1. The van der Waals surface area contributed by atoms with Crippen LogP contribution in [0.2, 0.25) is 5.02 Å². The van der Waals surface area contributed by atoms with Gasteiger partial charge < -0.3 is 19.5 Å². The Morgan fingerprint density at radius 1 is 1.29 bits per heavy atom. The second-order valence-electron chi connectivity index (χ2n) is 9.56. The van der Waals surface area contributed by atoms with E-state index in [1.807, 2.05) is 18.2 Å². The van der Waals surface area contributed by atoms with E-state index in [1.54, 1.807) is 19.3 Å². The average molecular weight is 484 g/mol. The highest BCUT2D eigenvalue weighted by molar-refractivity contribution is 6.31. The second-order valence-corrected chi connectivity index (χ2v) is 9.97. The summed E-state index contributed by atoms with van der Waals surface area (Å²) in [6.07, 6.45) is 4.51. The minimum atomic E-state index is -0.304. The SMILES string of the molecule is CNC(=O)COc1cc2cc(Cc3nc(N4CCCC(C)(C)C4)ncc3Cl)ccc2n(C)c1=O. The number of fused-ring (bicyclic) bond motifs is 1. The van der Waals surface area contributed by atoms with Crippen molar-refractivity contribution >= 4 is 34.4 Å². The number of piperidine rings is 1. The highest BCUT2D eigenvalue weighted by Gasteiger charge is 2.28. The van der Waals surface area contributed by atoms with Crippen LogP contribution in [0, 0.1) is 5.41 Å². The molecule has 3 heterocycles. The van der Waals surface area contributed by atoms with Crippen molar-refractivity contribution < 1.29 is 9.53 Å². The molecule has 0 unspecified atom stereocenters. The Balaban J connectivity index is 1.62. The van der Waals surface area contributed by atoms with Crippen molar-refractivity contribution in [3.8, 4) is 5.75 Å². The van der Waals surface area contributed by atoms with Gasteiger partial charge in [-0.05, 0) is 42.0 Å². The van der Waals surface area contributed by atoms with E-state index in [2.05, 4.69) is 29.0 Å². The van der Waals surface area contributed by atoms with Crippen molar-refractivity contribution in [1.29, 1.82) is 0 Å². The van der Waals surface area contributed by atoms with Crippen LogP contribution in [0.4, 0.5) is 5.95 Å². The van der Waals surface area contributed by atoms with Crippen molar-refractivity contribution in [2.45, 2.75) is 33.1 Å². The average Bonchev–Trinajstić information content (AvgIpc) is 2.81. The minimum absolute atomic E-state index is 0.130. The van der Waals surface area contributed by atoms with Gasteiger partial charge in [0, 0.05) is 39.0 Å². The van der Waals surface area contributed by atoms with Crippen LogP contribution in [0.5, 0.6) is 5.75 Å². The predicted octanol–water partition coefficient (Wildman–Crippen LogP) is 3.32. The van der Waals surface area contributed by atoms with Crippen LogP contribution in [-0.4, -0.2) is 47.2 Å². The molecule has 0 spiro atoms. The minimum Gasteiger partial charge on any atom is -0.478 e. The maximum atomic E-state index is 12.6. The fourth-order valence-electron chi connectivity index (χ4n) is 4.39. The molecular formula is C25H30ClN5O3. The van der Waals surface area contributed by atoms with Crippen molar-refractivity contribution in [1.82, 2.24) is 19.9 Å². The van der Waals surface area contributed by atoms with Crippen LogP contribution in [0.1, 0.15) is 37.9 Å². The summed E-state index contributed by atoms with van der Waals surface area (Å²) in [6, 6.07) is 7.53. The van der Waals surface area contributed by atoms with E-state index < -0.39 is 0 Å². The number of ether oxygens (including phenoxy) is 1. The summed E-state index contributed by atoms with van der Waals surface area (Å²) >= 11 is 6.47. The lowest BCUT2D eigenvalue weighted by Crippen LogP contribution is -2.41. The topological polar surface area (TPSA) is 89.3 Å². The molecule has 1 aromatic carbocycles. The molecule has 0 radical (unpaired) electrons. The number of carbonyl (C=O) groups is 1. The molecular weight excluding hydrogens is 454 g/mol. The molecule has 9 heteroatoms. The molecule has 0 bridgehead atoms. The normalized spacial score (nSPS) is 15.4. The van der Waals surface area contributed by atoms with Gasteiger partial charge in [-0.2, -0.15) is 0 Å². The fraction of sp³-hybridized carbons (Fsp3) is 0.440. The molecule has 1 aliphatic heterocycles. The summed E-state index contributed by atoms with van der Waals surface area (Å²) in [5.41, 5.74) is 2.46. The quantitative estimate of drug-likeness (QED) is 0.578. The number of benzene rings is 1. The highest BCUT2D eigenvalue weighted by atomic mass is 35.5. The molecule has 1 N–H and O–H groups in total. The largest absolute Gasteiger partial charge is 0.478 e. The maximum Gasteiger partial charge on any atom is 0.293 e. The van der Waals surface area contributed by atoms with Gasteiger partial charge in [-0.25, -0.2) is 9.97 Å². The zero-order chi connectivity index (χ0) is 24.5. The van der Waals surface area contributed by atoms with Crippen LogP contribution in [0.25, 0.3) is 10.9 Å². The van der Waals surface area contributed by atoms with Crippen molar-refractivity contribution in [2.24, 2.45) is 12.5 Å². The molecule has 1 fully saturated rings. The van der Waals surface area contributed by atoms with Gasteiger partial charge in [0.05, 0.1) is 22.4 Å². The lowest BCUT2D eigenvalue weighted by molar-refractivity contribution is -0.122. The van der Waals surface area contributed by atoms with Crippen molar-refractivity contribution in [3.05, 3.63) is 57.1 Å². The smallest absolute Gasteiger partial charge is 0.293 e. The molecule has 0 saturated carbocycles. The Hall–Kier alpha value is -3.13. The number of nitrogens with zero attached hydrogens (tertiary/aromatic N) is 4. The van der Waals surface area contributed by atoms with E-state index >= 15 is 0 Å². The third-order valence-electron chi connectivity index (χ3n) is 6.25. The number of rotatable bonds is 6. The summed E-state index contributed by atoms with van der Waals surface area (Å²) in [7, 11) is 3.21. The number of hydrogen-bond donors (Lipinski definition) is 1. The van der Waals surface area contributed by atoms with Gasteiger partial charge in [0.1, 0.15) is 0 Å². The number of likely N-dealkylation sites (N-methyl/N-ethyl adjacent to an activating group) is 1. The number of hydrogen-bond acceptors (Lipinski definition) is 6. The Bertz CT molecular complexity index is 1290. The Labute approximate surface area is 203 Å². The van der Waals surface area contributed by atoms with Gasteiger partial charge in [-0.1, -0.05) is 31.5 Å². The van der Waals surface area contributed by atoms with Gasteiger partial charge in [-0.3, -0.25) is 9.59 Å². The van der Waals surface area contributed by atoms with E-state index in [1.165, 1.54) is 18.0 Å². The molecule has 2 aromatic heterocycles. The molecule has 34 heavy (non-hydrogen) atoms. The first-order chi connectivity index (χ1) is 16.2. The van der Waals surface area contributed by atoms with Crippen LogP contribution in [0.15, 0.2) is 35.3 Å². The lowest BCUT2D eigenvalue weighted by atomic mass is 9.84. The molecule has 1 saturated heterocycles. The standard InChI is InChI=1S/C25H30ClN5O3/c1-25(2)8-5-9-31(15-25)24-28-13-18(26)19(29-24)11-16-6-7-20-17(10-16)12-21(23(33)30(20)4)34-14-22(32)27-3/h6-7,10,12-13H,5,8-9,11,14-15H2,1-4H3,(H,27,32). The van der Waals surface area contributed by atoms with Crippen LogP contribution in [0.3, 0.4) is 0 Å². The number of carbonyl (C=O) groups excluding carboxylic acids is 1. The Morgan fingerprint density at radius 2 is 2.09 bits per heavy atom. The molecule has 1 amide bonds. The summed E-state index contributed by atoms with van der Waals surface area (Å²) in [5, 5.41) is 3.83. The molecule has 0 atom stereocenters. The molecule has 3 aromatic rings. The Morgan fingerprint density at radius 3 is 2.82 bits per heavy atom. The summed E-state index contributed by atoms with van der Waals surface area (Å²) in [6.45, 7) is 6.17. The number of aromatic nitrogens is 3. The predicted molar refractivity (Wildman–Crippen MR) is 134 cm³/mol. The number of pyridine rings is 1. The molecule has 180 valence electrons. The highest BCUT2D eigenvalue weighted by Crippen LogP contribution is 2.31. The van der Waals surface area contributed by atoms with Crippen LogP contribution in [-0.2, 0) is 18.3 Å². The third kappa shape index (κ3) is 5.17. The first-order valence-electron chi connectivity index (χ1n) is 11.4. The molecule has 0 aliphatic carbocycles. The lowest BCUT2D eigenvalue weighted by Gasteiger charge is -2.38. The number of anilines is 1. The Kier molecular flexibility index (Phi) is 6.79. The van der Waals surface area contributed by atoms with Crippen LogP contribution < -0.4 is 20.5 Å². The number of aryl methyl sites for hydroxylation is 1. The van der Waals surface area contributed by atoms with E-state index in [0.29, 0.717) is 17.4 Å². The van der Waals surface area contributed by atoms with Crippen LogP contribution >= 0.6 is 11.6 Å². The third-order valence-corrected chi connectivity index (χ3v) is 6.57. The van der Waals surface area contributed by atoms with Crippen molar-refractivity contribution in [2.75, 3.05) is 31.6 Å². The van der Waals surface area contributed by atoms with E-state index in [4.69, 9.17) is 21.3 Å². The first kappa shape index (κ1) is 24.0. The number of nitrogens with one attached hydrogen (secondary N) is 1. The molecule has 1 aliphatic rings. The van der Waals surface area contributed by atoms with Crippen molar-refractivity contribution in [3.63, 3.8) is 0 Å². The molecule has 8 nitrogen and oxygen atoms in total. The fourth-order valence-corrected chi connectivity index (χ4v) is 4.54. The van der Waals surface area contributed by atoms with E-state index in [9.17, 15) is 9.59 Å². The van der Waals surface area contributed by atoms with Gasteiger partial charge in [0.25, 0.3) is 11.5 Å².